The van der Waals surface area contributed by atoms with Gasteiger partial charge in [-0.05, 0) is 156 Å². The van der Waals surface area contributed by atoms with E-state index in [-0.39, 0.29) is 23.0 Å². The summed E-state index contributed by atoms with van der Waals surface area (Å²) in [5, 5.41) is 2.45. The summed E-state index contributed by atoms with van der Waals surface area (Å²) >= 11 is 0. The smallest absolute Gasteiger partial charge is 0.252 e. The van der Waals surface area contributed by atoms with E-state index in [1.165, 1.54) is 99.6 Å². The quantitative estimate of drug-likeness (QED) is 0.113. The Kier molecular flexibility index (Phi) is 13.3. The highest BCUT2D eigenvalue weighted by molar-refractivity contribution is 7.00. The predicted molar refractivity (Wildman–Crippen MR) is 387 cm³/mol. The predicted octanol–water partition coefficient (Wildman–Crippen LogP) is 20.8. The van der Waals surface area contributed by atoms with Crippen LogP contribution in [0, 0.1) is 0 Å². The molecule has 2 aliphatic rings. The van der Waals surface area contributed by atoms with Crippen LogP contribution < -0.4 is 26.2 Å². The number of fused-ring (bicyclic) bond motifs is 7. The van der Waals surface area contributed by atoms with Crippen LogP contribution in [0.3, 0.4) is 0 Å². The van der Waals surface area contributed by atoms with Gasteiger partial charge in [0.1, 0.15) is 0 Å². The normalized spacial score (nSPS) is 12.9. The van der Waals surface area contributed by atoms with Gasteiger partial charge in [-0.3, -0.25) is 0 Å². The summed E-state index contributed by atoms with van der Waals surface area (Å²) < 4.78 is 2.57. The minimum absolute atomic E-state index is 0.134. The molecule has 4 heteroatoms. The first-order valence-electron chi connectivity index (χ1n) is 32.1. The topological polar surface area (TPSA) is 11.4 Å². The van der Waals surface area contributed by atoms with Crippen molar-refractivity contribution in [2.75, 3.05) is 9.80 Å². The van der Waals surface area contributed by atoms with Gasteiger partial charge in [0.2, 0.25) is 0 Å². The molecule has 0 N–H and O–H groups in total. The third kappa shape index (κ3) is 9.34. The highest BCUT2D eigenvalue weighted by Gasteiger charge is 2.45. The van der Waals surface area contributed by atoms with Crippen molar-refractivity contribution in [3.05, 3.63) is 349 Å². The molecular weight excluding hydrogens is 1100 g/mol. The lowest BCUT2D eigenvalue weighted by Crippen LogP contribution is -2.61. The fourth-order valence-corrected chi connectivity index (χ4v) is 14.9. The SMILES string of the molecule is CC(C)(c1ccccc1)c1ccc2c(c1)N(c1ccc(-c3ccccc3)cc1)c1cc(-n3c4ccc(C(C)(C)c5ccccc5)cc4c4cc(C(C)(C)c5ccccc5)ccc43)cc3c1B2c1cc(-c2ccccc2)ccc1N3c1ccc(-c2ccccc2)cc1. The second kappa shape index (κ2) is 21.8. The Labute approximate surface area is 535 Å². The lowest BCUT2D eigenvalue weighted by molar-refractivity contribution is 0.641. The van der Waals surface area contributed by atoms with Crippen LogP contribution in [-0.2, 0) is 16.2 Å². The first-order valence-corrected chi connectivity index (χ1v) is 32.1. The average molecular weight is 1170 g/mol. The van der Waals surface area contributed by atoms with Crippen molar-refractivity contribution in [3.63, 3.8) is 0 Å². The largest absolute Gasteiger partial charge is 0.311 e. The lowest BCUT2D eigenvalue weighted by Gasteiger charge is -2.45. The van der Waals surface area contributed by atoms with Gasteiger partial charge in [0.05, 0.1) is 16.7 Å². The molecule has 0 fully saturated rings. The summed E-state index contributed by atoms with van der Waals surface area (Å²) in [5.41, 5.74) is 27.9. The van der Waals surface area contributed by atoms with Gasteiger partial charge in [0.25, 0.3) is 6.71 Å². The van der Waals surface area contributed by atoms with Crippen LogP contribution in [-0.4, -0.2) is 11.3 Å². The first kappa shape index (κ1) is 55.6. The van der Waals surface area contributed by atoms with E-state index in [4.69, 9.17) is 0 Å². The maximum atomic E-state index is 2.60. The number of benzene rings is 13. The Morgan fingerprint density at radius 1 is 0.242 bits per heavy atom. The van der Waals surface area contributed by atoms with Gasteiger partial charge in [-0.2, -0.15) is 0 Å². The van der Waals surface area contributed by atoms with Gasteiger partial charge in [-0.25, -0.2) is 0 Å². The second-order valence-corrected chi connectivity index (χ2v) is 26.5. The average Bonchev–Trinajstić information content (AvgIpc) is 1.30. The number of rotatable bonds is 12. The molecule has 0 saturated carbocycles. The minimum atomic E-state index is -0.315. The summed E-state index contributed by atoms with van der Waals surface area (Å²) in [6, 6.07) is 118. The molecule has 436 valence electrons. The van der Waals surface area contributed by atoms with Crippen LogP contribution in [0.5, 0.6) is 0 Å². The van der Waals surface area contributed by atoms with Crippen molar-refractivity contribution in [3.8, 4) is 39.1 Å². The van der Waals surface area contributed by atoms with E-state index in [2.05, 4.69) is 371 Å². The molecule has 0 amide bonds. The van der Waals surface area contributed by atoms with E-state index < -0.39 is 0 Å². The standard InChI is InChI=1S/C87H70BN3/c1-85(2,65-31-19-10-20-32-65)68-43-51-78-74(54-68)75-55-69(86(3,4)66-33-21-11-22-34-66)44-52-79(75)91(78)73-57-82-84-83(58-73)90(72-47-39-63(40-48-72)60-27-15-8-16-28-60)81-56-70(87(5,6)67-35-23-12-24-36-67)42-49-76(81)88(84)77-53-64(61-29-17-9-18-30-61)41-50-80(77)89(82)71-45-37-62(38-46-71)59-25-13-7-14-26-59/h7-58H,1-6H3. The summed E-state index contributed by atoms with van der Waals surface area (Å²) in [7, 11) is 0. The van der Waals surface area contributed by atoms with Crippen molar-refractivity contribution < 1.29 is 0 Å². The summed E-state index contributed by atoms with van der Waals surface area (Å²) in [6.45, 7) is 14.1. The first-order chi connectivity index (χ1) is 44.4. The highest BCUT2D eigenvalue weighted by Crippen LogP contribution is 2.49. The van der Waals surface area contributed by atoms with E-state index in [0.717, 1.165) is 45.2 Å². The van der Waals surface area contributed by atoms with Crippen molar-refractivity contribution >= 4 is 79.0 Å². The monoisotopic (exact) mass is 1170 g/mol. The van der Waals surface area contributed by atoms with Crippen LogP contribution in [0.1, 0.15) is 74.9 Å². The molecule has 16 rings (SSSR count). The van der Waals surface area contributed by atoms with Crippen molar-refractivity contribution in [2.24, 2.45) is 0 Å². The number of nitrogens with zero attached hydrogens (tertiary/aromatic N) is 3. The molecule has 0 saturated heterocycles. The molecule has 0 spiro atoms. The molecule has 13 aromatic carbocycles. The van der Waals surface area contributed by atoms with Crippen molar-refractivity contribution in [1.82, 2.24) is 4.57 Å². The maximum absolute atomic E-state index is 2.60. The number of hydrogen-bond donors (Lipinski definition) is 0. The van der Waals surface area contributed by atoms with Gasteiger partial charge in [-0.15, -0.1) is 0 Å². The third-order valence-corrected chi connectivity index (χ3v) is 20.3. The fraction of sp³-hybridized carbons (Fsp3) is 0.103. The number of aromatic nitrogens is 1. The van der Waals surface area contributed by atoms with Crippen molar-refractivity contribution in [1.29, 1.82) is 0 Å². The molecule has 1 aromatic heterocycles. The molecule has 14 aromatic rings. The molecule has 0 bridgehead atoms. The number of hydrogen-bond acceptors (Lipinski definition) is 2. The molecule has 0 aliphatic carbocycles. The van der Waals surface area contributed by atoms with Crippen LogP contribution >= 0.6 is 0 Å². The molecule has 0 radical (unpaired) electrons. The molecule has 2 aliphatic heterocycles. The maximum Gasteiger partial charge on any atom is 0.252 e. The number of anilines is 6. The zero-order valence-electron chi connectivity index (χ0n) is 52.4. The van der Waals surface area contributed by atoms with E-state index >= 15 is 0 Å². The molecule has 0 atom stereocenters. The Morgan fingerprint density at radius 3 is 1.02 bits per heavy atom. The molecule has 0 unspecified atom stereocenters. The molecule has 3 nitrogen and oxygen atoms in total. The zero-order valence-corrected chi connectivity index (χ0v) is 52.4. The van der Waals surface area contributed by atoms with E-state index in [1.54, 1.807) is 0 Å². The van der Waals surface area contributed by atoms with Gasteiger partial charge in [0, 0.05) is 61.1 Å². The fourth-order valence-electron chi connectivity index (χ4n) is 14.9. The molecule has 91 heavy (non-hydrogen) atoms. The Balaban J connectivity index is 1.01. The summed E-state index contributed by atoms with van der Waals surface area (Å²) in [6.07, 6.45) is 0. The van der Waals surface area contributed by atoms with Gasteiger partial charge >= 0.3 is 0 Å². The van der Waals surface area contributed by atoms with E-state index in [9.17, 15) is 0 Å². The summed E-state index contributed by atoms with van der Waals surface area (Å²) in [4.78, 5) is 5.17. The summed E-state index contributed by atoms with van der Waals surface area (Å²) in [5.74, 6) is 0. The van der Waals surface area contributed by atoms with E-state index in [0.29, 0.717) is 0 Å². The zero-order chi connectivity index (χ0) is 61.6. The minimum Gasteiger partial charge on any atom is -0.311 e. The molecule has 3 heterocycles. The lowest BCUT2D eigenvalue weighted by atomic mass is 9.33. The second-order valence-electron chi connectivity index (χ2n) is 26.5. The third-order valence-electron chi connectivity index (χ3n) is 20.3. The Hall–Kier alpha value is -10.7. The van der Waals surface area contributed by atoms with Gasteiger partial charge < -0.3 is 14.4 Å². The van der Waals surface area contributed by atoms with Crippen LogP contribution in [0.2, 0.25) is 0 Å². The Morgan fingerprint density at radius 2 is 0.593 bits per heavy atom. The van der Waals surface area contributed by atoms with Crippen LogP contribution in [0.4, 0.5) is 34.1 Å². The molecular formula is C87H70BN3. The van der Waals surface area contributed by atoms with Gasteiger partial charge in [-0.1, -0.05) is 284 Å². The van der Waals surface area contributed by atoms with Gasteiger partial charge in [0.15, 0.2) is 0 Å². The highest BCUT2D eigenvalue weighted by atomic mass is 15.2. The van der Waals surface area contributed by atoms with Crippen LogP contribution in [0.15, 0.2) is 315 Å². The van der Waals surface area contributed by atoms with Crippen LogP contribution in [0.25, 0.3) is 60.9 Å². The van der Waals surface area contributed by atoms with Crippen molar-refractivity contribution in [2.45, 2.75) is 57.8 Å². The Bertz CT molecular complexity index is 4930. The van der Waals surface area contributed by atoms with E-state index in [1.807, 2.05) is 0 Å².